The summed E-state index contributed by atoms with van der Waals surface area (Å²) in [5.74, 6) is -2.73. The van der Waals surface area contributed by atoms with Crippen molar-refractivity contribution in [3.63, 3.8) is 0 Å². The molecule has 0 aliphatic carbocycles. The highest BCUT2D eigenvalue weighted by molar-refractivity contribution is 5.35. The van der Waals surface area contributed by atoms with E-state index in [9.17, 15) is 8.78 Å². The summed E-state index contributed by atoms with van der Waals surface area (Å²) in [6, 6.07) is 4.97. The van der Waals surface area contributed by atoms with Gasteiger partial charge in [-0.1, -0.05) is 12.1 Å². The first-order chi connectivity index (χ1) is 6.57. The van der Waals surface area contributed by atoms with Gasteiger partial charge in [0.05, 0.1) is 0 Å². The summed E-state index contributed by atoms with van der Waals surface area (Å²) in [6.45, 7) is 2.58. The molecule has 1 nitrogen and oxygen atoms in total. The van der Waals surface area contributed by atoms with Crippen molar-refractivity contribution in [2.45, 2.75) is 25.8 Å². The molecule has 1 aromatic carbocycles. The van der Waals surface area contributed by atoms with Crippen LogP contribution in [0.5, 0.6) is 0 Å². The molecule has 0 unspecified atom stereocenters. The average Bonchev–Trinajstić information content (AvgIpc) is 2.16. The molecule has 0 fully saturated rings. The van der Waals surface area contributed by atoms with Crippen LogP contribution in [0.15, 0.2) is 18.2 Å². The zero-order chi connectivity index (χ0) is 10.2. The molecule has 0 aromatic heterocycles. The maximum absolute atomic E-state index is 13.0. The van der Waals surface area contributed by atoms with Crippen molar-refractivity contribution in [2.75, 3.05) is 6.54 Å². The van der Waals surface area contributed by atoms with Crippen molar-refractivity contribution in [3.8, 4) is 0 Å². The monoisotopic (exact) mass is 197 g/mol. The Morgan fingerprint density at radius 3 is 2.79 bits per heavy atom. The second-order valence-electron chi connectivity index (χ2n) is 3.80. The lowest BCUT2D eigenvalue weighted by atomic mass is 9.97. The Labute approximate surface area is 82.1 Å². The molecule has 1 aliphatic rings. The summed E-state index contributed by atoms with van der Waals surface area (Å²) in [6.07, 6.45) is 0.935. The molecule has 1 heterocycles. The first kappa shape index (κ1) is 9.59. The second kappa shape index (κ2) is 3.31. The second-order valence-corrected chi connectivity index (χ2v) is 3.80. The lowest BCUT2D eigenvalue weighted by Gasteiger charge is -2.19. The Balaban J connectivity index is 2.39. The number of nitrogens with one attached hydrogen (secondary N) is 1. The molecule has 14 heavy (non-hydrogen) atoms. The van der Waals surface area contributed by atoms with Crippen LogP contribution in [0.1, 0.15) is 23.6 Å². The highest BCUT2D eigenvalue weighted by Crippen LogP contribution is 2.29. The Bertz CT molecular complexity index is 342. The van der Waals surface area contributed by atoms with Gasteiger partial charge >= 0.3 is 0 Å². The maximum atomic E-state index is 13.0. The first-order valence-corrected chi connectivity index (χ1v) is 4.78. The van der Waals surface area contributed by atoms with E-state index in [0.29, 0.717) is 6.54 Å². The highest BCUT2D eigenvalue weighted by Gasteiger charge is 2.25. The van der Waals surface area contributed by atoms with Crippen molar-refractivity contribution >= 4 is 0 Å². The summed E-state index contributed by atoms with van der Waals surface area (Å²) >= 11 is 0. The summed E-state index contributed by atoms with van der Waals surface area (Å²) in [5, 5.41) is 3.17. The summed E-state index contributed by atoms with van der Waals surface area (Å²) < 4.78 is 26.0. The van der Waals surface area contributed by atoms with Crippen molar-refractivity contribution in [1.29, 1.82) is 0 Å². The van der Waals surface area contributed by atoms with Crippen LogP contribution < -0.4 is 5.32 Å². The van der Waals surface area contributed by atoms with E-state index < -0.39 is 5.92 Å². The lowest BCUT2D eigenvalue weighted by molar-refractivity contribution is 0.0173. The molecule has 0 radical (unpaired) electrons. The first-order valence-electron chi connectivity index (χ1n) is 4.78. The largest absolute Gasteiger partial charge is 0.312 e. The fourth-order valence-corrected chi connectivity index (χ4v) is 1.75. The standard InChI is InChI=1S/C11H13F2N/c1-11(12,13)10-3-2-8-4-5-14-7-9(8)6-10/h2-3,6,14H,4-5,7H2,1H3. The molecule has 0 saturated heterocycles. The third-order valence-electron chi connectivity index (χ3n) is 2.60. The van der Waals surface area contributed by atoms with E-state index in [1.54, 1.807) is 6.07 Å². The van der Waals surface area contributed by atoms with E-state index in [4.69, 9.17) is 0 Å². The van der Waals surface area contributed by atoms with Crippen LogP contribution >= 0.6 is 0 Å². The number of hydrogen-bond acceptors (Lipinski definition) is 1. The number of fused-ring (bicyclic) bond motifs is 1. The van der Waals surface area contributed by atoms with Gasteiger partial charge in [0.25, 0.3) is 5.92 Å². The van der Waals surface area contributed by atoms with Crippen LogP contribution in [0.25, 0.3) is 0 Å². The fourth-order valence-electron chi connectivity index (χ4n) is 1.75. The molecule has 1 aliphatic heterocycles. The molecule has 0 spiro atoms. The molecular weight excluding hydrogens is 184 g/mol. The van der Waals surface area contributed by atoms with E-state index in [0.717, 1.165) is 25.5 Å². The Hall–Kier alpha value is -0.960. The molecule has 0 bridgehead atoms. The molecule has 2 rings (SSSR count). The highest BCUT2D eigenvalue weighted by atomic mass is 19.3. The average molecular weight is 197 g/mol. The molecule has 1 aromatic rings. The van der Waals surface area contributed by atoms with Crippen LogP contribution in [0, 0.1) is 0 Å². The number of benzene rings is 1. The van der Waals surface area contributed by atoms with Crippen LogP contribution in [-0.2, 0) is 18.9 Å². The van der Waals surface area contributed by atoms with Gasteiger partial charge in [-0.3, -0.25) is 0 Å². The number of halogens is 2. The van der Waals surface area contributed by atoms with E-state index >= 15 is 0 Å². The van der Waals surface area contributed by atoms with Gasteiger partial charge in [-0.2, -0.15) is 0 Å². The van der Waals surface area contributed by atoms with Crippen molar-refractivity contribution in [3.05, 3.63) is 34.9 Å². The molecule has 3 heteroatoms. The van der Waals surface area contributed by atoms with Gasteiger partial charge < -0.3 is 5.32 Å². The molecule has 1 N–H and O–H groups in total. The topological polar surface area (TPSA) is 12.0 Å². The molecule has 76 valence electrons. The normalized spacial score (nSPS) is 16.5. The molecule has 0 amide bonds. The van der Waals surface area contributed by atoms with Gasteiger partial charge in [0.15, 0.2) is 0 Å². The summed E-state index contributed by atoms with van der Waals surface area (Å²) in [4.78, 5) is 0. The SMILES string of the molecule is CC(F)(F)c1ccc2c(c1)CNCC2. The van der Waals surface area contributed by atoms with E-state index in [1.807, 2.05) is 6.07 Å². The minimum atomic E-state index is -2.73. The fraction of sp³-hybridized carbons (Fsp3) is 0.455. The Kier molecular flexibility index (Phi) is 2.27. The van der Waals surface area contributed by atoms with Crippen LogP contribution in [0.4, 0.5) is 8.78 Å². The van der Waals surface area contributed by atoms with Crippen molar-refractivity contribution in [1.82, 2.24) is 5.32 Å². The maximum Gasteiger partial charge on any atom is 0.270 e. The smallest absolute Gasteiger partial charge is 0.270 e. The van der Waals surface area contributed by atoms with Gasteiger partial charge in [0, 0.05) is 19.0 Å². The molecule has 0 atom stereocenters. The van der Waals surface area contributed by atoms with Gasteiger partial charge in [-0.25, -0.2) is 8.78 Å². The predicted octanol–water partition coefficient (Wildman–Crippen LogP) is 2.44. The Morgan fingerprint density at radius 1 is 1.29 bits per heavy atom. The minimum absolute atomic E-state index is 0.111. The molecule has 0 saturated carbocycles. The number of hydrogen-bond donors (Lipinski definition) is 1. The summed E-state index contributed by atoms with van der Waals surface area (Å²) in [5.41, 5.74) is 2.31. The van der Waals surface area contributed by atoms with Gasteiger partial charge in [0.1, 0.15) is 0 Å². The van der Waals surface area contributed by atoms with Crippen molar-refractivity contribution in [2.24, 2.45) is 0 Å². The number of rotatable bonds is 1. The van der Waals surface area contributed by atoms with Gasteiger partial charge in [0.2, 0.25) is 0 Å². The van der Waals surface area contributed by atoms with Gasteiger partial charge in [-0.15, -0.1) is 0 Å². The molecular formula is C11H13F2N. The third-order valence-corrected chi connectivity index (χ3v) is 2.60. The zero-order valence-electron chi connectivity index (χ0n) is 8.11. The van der Waals surface area contributed by atoms with Crippen molar-refractivity contribution < 1.29 is 8.78 Å². The zero-order valence-corrected chi connectivity index (χ0v) is 8.11. The quantitative estimate of drug-likeness (QED) is 0.729. The predicted molar refractivity (Wildman–Crippen MR) is 51.4 cm³/mol. The van der Waals surface area contributed by atoms with Crippen LogP contribution in [-0.4, -0.2) is 6.54 Å². The van der Waals surface area contributed by atoms with E-state index in [-0.39, 0.29) is 5.56 Å². The van der Waals surface area contributed by atoms with Crippen LogP contribution in [0.2, 0.25) is 0 Å². The number of alkyl halides is 2. The minimum Gasteiger partial charge on any atom is -0.312 e. The summed E-state index contributed by atoms with van der Waals surface area (Å²) in [7, 11) is 0. The third kappa shape index (κ3) is 1.77. The van der Waals surface area contributed by atoms with E-state index in [2.05, 4.69) is 5.32 Å². The van der Waals surface area contributed by atoms with Gasteiger partial charge in [-0.05, 0) is 30.2 Å². The Morgan fingerprint density at radius 2 is 2.07 bits per heavy atom. The lowest BCUT2D eigenvalue weighted by Crippen LogP contribution is -2.24. The van der Waals surface area contributed by atoms with Crippen LogP contribution in [0.3, 0.4) is 0 Å². The van der Waals surface area contributed by atoms with E-state index in [1.165, 1.54) is 11.6 Å².